The Kier molecular flexibility index (Phi) is 5.73. The van der Waals surface area contributed by atoms with Gasteiger partial charge in [-0.05, 0) is 49.9 Å². The number of aliphatic hydroxyl groups excluding tert-OH is 1. The maximum absolute atomic E-state index is 11.5. The first kappa shape index (κ1) is 15.9. The predicted octanol–water partition coefficient (Wildman–Crippen LogP) is 0.984. The number of hydrogen-bond acceptors (Lipinski definition) is 4. The molecule has 116 valence electrons. The highest BCUT2D eigenvalue weighted by Crippen LogP contribution is 2.20. The third-order valence-electron chi connectivity index (χ3n) is 4.39. The molecule has 5 heteroatoms. The highest BCUT2D eigenvalue weighted by Gasteiger charge is 2.18. The third-order valence-corrected chi connectivity index (χ3v) is 4.39. The minimum absolute atomic E-state index is 0.172. The van der Waals surface area contributed by atoms with Crippen molar-refractivity contribution in [1.29, 1.82) is 0 Å². The van der Waals surface area contributed by atoms with E-state index < -0.39 is 0 Å². The zero-order chi connectivity index (χ0) is 15.2. The van der Waals surface area contributed by atoms with Crippen LogP contribution in [0.2, 0.25) is 0 Å². The molecule has 1 heterocycles. The Morgan fingerprint density at radius 2 is 2.00 bits per heavy atom. The molecule has 1 aliphatic heterocycles. The summed E-state index contributed by atoms with van der Waals surface area (Å²) in [5.41, 5.74) is 4.41. The summed E-state index contributed by atoms with van der Waals surface area (Å²) in [5.74, 6) is 5.23. The fraction of sp³-hybridized carbons (Fsp3) is 0.562. The van der Waals surface area contributed by atoms with Crippen molar-refractivity contribution in [3.05, 3.63) is 35.4 Å². The van der Waals surface area contributed by atoms with E-state index in [9.17, 15) is 4.79 Å². The second kappa shape index (κ2) is 7.54. The normalized spacial score (nSPS) is 18.4. The van der Waals surface area contributed by atoms with Crippen molar-refractivity contribution in [2.45, 2.75) is 32.2 Å². The van der Waals surface area contributed by atoms with E-state index in [0.717, 1.165) is 38.0 Å². The number of benzene rings is 1. The van der Waals surface area contributed by atoms with Crippen molar-refractivity contribution in [2.24, 2.45) is 11.8 Å². The first-order chi connectivity index (χ1) is 10.1. The lowest BCUT2D eigenvalue weighted by Gasteiger charge is -2.31. The maximum atomic E-state index is 11.5. The van der Waals surface area contributed by atoms with Gasteiger partial charge in [0.2, 0.25) is 5.91 Å². The molecule has 1 aliphatic rings. The summed E-state index contributed by atoms with van der Waals surface area (Å²) >= 11 is 0. The van der Waals surface area contributed by atoms with E-state index in [-0.39, 0.29) is 11.8 Å². The molecule has 0 spiro atoms. The van der Waals surface area contributed by atoms with Gasteiger partial charge in [-0.25, -0.2) is 5.84 Å². The Morgan fingerprint density at radius 3 is 2.52 bits per heavy atom. The zero-order valence-corrected chi connectivity index (χ0v) is 12.6. The maximum Gasteiger partial charge on any atom is 0.241 e. The largest absolute Gasteiger partial charge is 0.396 e. The molecule has 5 nitrogen and oxygen atoms in total. The van der Waals surface area contributed by atoms with Crippen molar-refractivity contribution >= 4 is 5.91 Å². The van der Waals surface area contributed by atoms with Gasteiger partial charge < -0.3 is 5.11 Å². The standard InChI is InChI=1S/C16H25N3O2/c1-12(16(21)18-17)15-4-2-13(3-5-15)10-19-8-6-14(11-20)7-9-19/h2-5,12,14,20H,6-11,17H2,1H3,(H,18,21). The number of nitrogens with two attached hydrogens (primary N) is 1. The number of piperidine rings is 1. The fourth-order valence-corrected chi connectivity index (χ4v) is 2.77. The van der Waals surface area contributed by atoms with Gasteiger partial charge >= 0.3 is 0 Å². The summed E-state index contributed by atoms with van der Waals surface area (Å²) in [6.45, 7) is 5.16. The number of amides is 1. The van der Waals surface area contributed by atoms with Crippen LogP contribution in [0, 0.1) is 5.92 Å². The molecule has 1 aromatic rings. The average molecular weight is 291 g/mol. The van der Waals surface area contributed by atoms with Crippen LogP contribution in [0.15, 0.2) is 24.3 Å². The molecule has 1 unspecified atom stereocenters. The molecule has 1 saturated heterocycles. The van der Waals surface area contributed by atoms with Gasteiger partial charge in [0.1, 0.15) is 0 Å². The SMILES string of the molecule is CC(C(=O)NN)c1ccc(CN2CCC(CO)CC2)cc1. The molecular weight excluding hydrogens is 266 g/mol. The van der Waals surface area contributed by atoms with Crippen LogP contribution in [0.5, 0.6) is 0 Å². The van der Waals surface area contributed by atoms with Crippen molar-refractivity contribution in [1.82, 2.24) is 10.3 Å². The Labute approximate surface area is 126 Å². The van der Waals surface area contributed by atoms with Crippen molar-refractivity contribution in [3.8, 4) is 0 Å². The number of carbonyl (C=O) groups is 1. The van der Waals surface area contributed by atoms with Gasteiger partial charge in [-0.1, -0.05) is 24.3 Å². The number of aliphatic hydroxyl groups is 1. The Bertz CT molecular complexity index is 453. The van der Waals surface area contributed by atoms with Crippen LogP contribution >= 0.6 is 0 Å². The van der Waals surface area contributed by atoms with E-state index in [4.69, 9.17) is 10.9 Å². The summed E-state index contributed by atoms with van der Waals surface area (Å²) in [6, 6.07) is 8.15. The first-order valence-electron chi connectivity index (χ1n) is 7.56. The summed E-state index contributed by atoms with van der Waals surface area (Å²) in [6.07, 6.45) is 2.14. The zero-order valence-electron chi connectivity index (χ0n) is 12.6. The van der Waals surface area contributed by atoms with Crippen molar-refractivity contribution < 1.29 is 9.90 Å². The first-order valence-corrected chi connectivity index (χ1v) is 7.56. The minimum atomic E-state index is -0.232. The van der Waals surface area contributed by atoms with Gasteiger partial charge in [-0.3, -0.25) is 15.1 Å². The number of carbonyl (C=O) groups excluding carboxylic acids is 1. The molecule has 1 amide bonds. The van der Waals surface area contributed by atoms with Crippen LogP contribution in [-0.4, -0.2) is 35.6 Å². The number of hydrazine groups is 1. The van der Waals surface area contributed by atoms with Crippen LogP contribution in [0.1, 0.15) is 36.8 Å². The molecule has 0 aliphatic carbocycles. The molecule has 0 saturated carbocycles. The number of nitrogens with one attached hydrogen (secondary N) is 1. The molecule has 21 heavy (non-hydrogen) atoms. The molecule has 2 rings (SSSR count). The van der Waals surface area contributed by atoms with E-state index in [1.54, 1.807) is 0 Å². The lowest BCUT2D eigenvalue weighted by atomic mass is 9.96. The van der Waals surface area contributed by atoms with Crippen molar-refractivity contribution in [3.63, 3.8) is 0 Å². The van der Waals surface area contributed by atoms with E-state index in [0.29, 0.717) is 12.5 Å². The van der Waals surface area contributed by atoms with Crippen LogP contribution in [0.3, 0.4) is 0 Å². The second-order valence-corrected chi connectivity index (χ2v) is 5.87. The Hall–Kier alpha value is -1.43. The monoisotopic (exact) mass is 291 g/mol. The lowest BCUT2D eigenvalue weighted by Crippen LogP contribution is -2.34. The van der Waals surface area contributed by atoms with Crippen LogP contribution in [-0.2, 0) is 11.3 Å². The third kappa shape index (κ3) is 4.27. The van der Waals surface area contributed by atoms with Gasteiger partial charge in [0.15, 0.2) is 0 Å². The highest BCUT2D eigenvalue weighted by atomic mass is 16.3. The van der Waals surface area contributed by atoms with Gasteiger partial charge in [-0.15, -0.1) is 0 Å². The number of likely N-dealkylation sites (tertiary alicyclic amines) is 1. The molecular formula is C16H25N3O2. The van der Waals surface area contributed by atoms with E-state index in [1.165, 1.54) is 5.56 Å². The molecule has 1 aromatic carbocycles. The molecule has 1 fully saturated rings. The second-order valence-electron chi connectivity index (χ2n) is 5.87. The number of rotatable bonds is 5. The van der Waals surface area contributed by atoms with Gasteiger partial charge in [0, 0.05) is 13.2 Å². The van der Waals surface area contributed by atoms with E-state index in [1.807, 2.05) is 19.1 Å². The summed E-state index contributed by atoms with van der Waals surface area (Å²) < 4.78 is 0. The number of hydrogen-bond donors (Lipinski definition) is 3. The summed E-state index contributed by atoms with van der Waals surface area (Å²) in [5, 5.41) is 9.15. The molecule has 0 bridgehead atoms. The van der Waals surface area contributed by atoms with Gasteiger partial charge in [-0.2, -0.15) is 0 Å². The van der Waals surface area contributed by atoms with Crippen LogP contribution < -0.4 is 11.3 Å². The summed E-state index contributed by atoms with van der Waals surface area (Å²) in [7, 11) is 0. The van der Waals surface area contributed by atoms with Crippen molar-refractivity contribution in [2.75, 3.05) is 19.7 Å². The summed E-state index contributed by atoms with van der Waals surface area (Å²) in [4.78, 5) is 13.9. The van der Waals surface area contributed by atoms with Crippen LogP contribution in [0.25, 0.3) is 0 Å². The molecule has 4 N–H and O–H groups in total. The highest BCUT2D eigenvalue weighted by molar-refractivity contribution is 5.82. The quantitative estimate of drug-likeness (QED) is 0.429. The minimum Gasteiger partial charge on any atom is -0.396 e. The Morgan fingerprint density at radius 1 is 1.38 bits per heavy atom. The topological polar surface area (TPSA) is 78.6 Å². The Balaban J connectivity index is 1.89. The van der Waals surface area contributed by atoms with E-state index >= 15 is 0 Å². The molecule has 0 aromatic heterocycles. The smallest absolute Gasteiger partial charge is 0.241 e. The average Bonchev–Trinajstić information content (AvgIpc) is 2.55. The van der Waals surface area contributed by atoms with E-state index in [2.05, 4.69) is 22.5 Å². The molecule has 1 atom stereocenters. The number of nitrogens with zero attached hydrogens (tertiary/aromatic N) is 1. The van der Waals surface area contributed by atoms with Gasteiger partial charge in [0.25, 0.3) is 0 Å². The predicted molar refractivity (Wildman–Crippen MR) is 82.3 cm³/mol. The van der Waals surface area contributed by atoms with Crippen LogP contribution in [0.4, 0.5) is 0 Å². The lowest BCUT2D eigenvalue weighted by molar-refractivity contribution is -0.122. The molecule has 0 radical (unpaired) electrons. The fourth-order valence-electron chi connectivity index (χ4n) is 2.77. The van der Waals surface area contributed by atoms with Gasteiger partial charge in [0.05, 0.1) is 5.92 Å².